The van der Waals surface area contributed by atoms with Gasteiger partial charge in [0.1, 0.15) is 0 Å². The molecular formula is C13H16N2O. The molecule has 1 aliphatic carbocycles. The Balaban J connectivity index is 2.06. The molecule has 3 heteroatoms. The van der Waals surface area contributed by atoms with Gasteiger partial charge in [0.05, 0.1) is 11.6 Å². The lowest BCUT2D eigenvalue weighted by Gasteiger charge is -2.20. The largest absolute Gasteiger partial charge is 0.396 e. The van der Waals surface area contributed by atoms with Gasteiger partial charge in [0.15, 0.2) is 0 Å². The van der Waals surface area contributed by atoms with E-state index in [-0.39, 0.29) is 6.61 Å². The predicted molar refractivity (Wildman–Crippen MR) is 63.0 cm³/mol. The first-order valence-electron chi connectivity index (χ1n) is 5.71. The number of aliphatic hydroxyl groups excluding tert-OH is 1. The van der Waals surface area contributed by atoms with Crippen LogP contribution in [0.15, 0.2) is 24.3 Å². The normalized spacial score (nSPS) is 24.0. The van der Waals surface area contributed by atoms with Gasteiger partial charge in [-0.15, -0.1) is 0 Å². The highest BCUT2D eigenvalue weighted by molar-refractivity contribution is 5.49. The number of nitrogens with one attached hydrogen (secondary N) is 1. The van der Waals surface area contributed by atoms with Crippen LogP contribution in [-0.4, -0.2) is 17.8 Å². The monoisotopic (exact) mass is 216 g/mol. The Kier molecular flexibility index (Phi) is 3.43. The number of anilines is 1. The zero-order valence-corrected chi connectivity index (χ0v) is 9.19. The summed E-state index contributed by atoms with van der Waals surface area (Å²) in [5.74, 6) is 0.353. The summed E-state index contributed by atoms with van der Waals surface area (Å²) in [5.41, 5.74) is 1.65. The summed E-state index contributed by atoms with van der Waals surface area (Å²) in [6.45, 7) is 0.246. The fourth-order valence-electron chi connectivity index (χ4n) is 2.34. The SMILES string of the molecule is N#Cc1cccc(NC2CCCC2CO)c1. The first-order valence-corrected chi connectivity index (χ1v) is 5.71. The van der Waals surface area contributed by atoms with Crippen molar-refractivity contribution in [1.29, 1.82) is 5.26 Å². The van der Waals surface area contributed by atoms with Crippen LogP contribution >= 0.6 is 0 Å². The summed E-state index contributed by atoms with van der Waals surface area (Å²) in [4.78, 5) is 0. The zero-order chi connectivity index (χ0) is 11.4. The summed E-state index contributed by atoms with van der Waals surface area (Å²) < 4.78 is 0. The molecule has 0 aromatic heterocycles. The standard InChI is InChI=1S/C13H16N2O/c14-8-10-3-1-5-12(7-10)15-13-6-2-4-11(13)9-16/h1,3,5,7,11,13,15-16H,2,4,6,9H2. The lowest BCUT2D eigenvalue weighted by molar-refractivity contribution is 0.222. The third-order valence-corrected chi connectivity index (χ3v) is 3.24. The second kappa shape index (κ2) is 5.00. The van der Waals surface area contributed by atoms with E-state index in [1.54, 1.807) is 6.07 Å². The van der Waals surface area contributed by atoms with Crippen LogP contribution in [0.1, 0.15) is 24.8 Å². The maximum atomic E-state index is 9.22. The lowest BCUT2D eigenvalue weighted by atomic mass is 10.0. The Bertz CT molecular complexity index is 397. The molecule has 1 saturated carbocycles. The van der Waals surface area contributed by atoms with Gasteiger partial charge in [-0.05, 0) is 31.0 Å². The van der Waals surface area contributed by atoms with Crippen molar-refractivity contribution in [3.05, 3.63) is 29.8 Å². The van der Waals surface area contributed by atoms with Crippen LogP contribution in [0.3, 0.4) is 0 Å². The molecule has 3 nitrogen and oxygen atoms in total. The topological polar surface area (TPSA) is 56.0 Å². The van der Waals surface area contributed by atoms with Gasteiger partial charge in [-0.25, -0.2) is 0 Å². The van der Waals surface area contributed by atoms with Crippen LogP contribution in [0, 0.1) is 17.2 Å². The van der Waals surface area contributed by atoms with Crippen LogP contribution in [0.5, 0.6) is 0 Å². The van der Waals surface area contributed by atoms with Crippen LogP contribution in [0.25, 0.3) is 0 Å². The van der Waals surface area contributed by atoms with E-state index < -0.39 is 0 Å². The molecule has 1 aromatic rings. The molecule has 0 spiro atoms. The van der Waals surface area contributed by atoms with Gasteiger partial charge < -0.3 is 10.4 Å². The molecule has 1 aromatic carbocycles. The van der Waals surface area contributed by atoms with E-state index in [0.29, 0.717) is 17.5 Å². The van der Waals surface area contributed by atoms with E-state index in [0.717, 1.165) is 18.5 Å². The molecule has 0 bridgehead atoms. The fraction of sp³-hybridized carbons (Fsp3) is 0.462. The van der Waals surface area contributed by atoms with E-state index >= 15 is 0 Å². The first kappa shape index (κ1) is 11.0. The molecule has 84 valence electrons. The van der Waals surface area contributed by atoms with Crippen LogP contribution in [0.2, 0.25) is 0 Å². The van der Waals surface area contributed by atoms with E-state index in [2.05, 4.69) is 11.4 Å². The summed E-state index contributed by atoms with van der Waals surface area (Å²) in [5, 5.41) is 21.4. The Morgan fingerprint density at radius 3 is 3.06 bits per heavy atom. The highest BCUT2D eigenvalue weighted by Crippen LogP contribution is 2.28. The molecule has 0 aliphatic heterocycles. The van der Waals surface area contributed by atoms with Crippen molar-refractivity contribution in [2.24, 2.45) is 5.92 Å². The minimum Gasteiger partial charge on any atom is -0.396 e. The van der Waals surface area contributed by atoms with E-state index in [4.69, 9.17) is 5.26 Å². The molecule has 0 heterocycles. The molecule has 0 amide bonds. The molecule has 2 unspecified atom stereocenters. The third-order valence-electron chi connectivity index (χ3n) is 3.24. The third kappa shape index (κ3) is 2.34. The van der Waals surface area contributed by atoms with Gasteiger partial charge in [-0.2, -0.15) is 5.26 Å². The maximum absolute atomic E-state index is 9.22. The first-order chi connectivity index (χ1) is 7.83. The zero-order valence-electron chi connectivity index (χ0n) is 9.19. The second-order valence-corrected chi connectivity index (χ2v) is 4.32. The quantitative estimate of drug-likeness (QED) is 0.813. The van der Waals surface area contributed by atoms with E-state index in [1.165, 1.54) is 6.42 Å². The molecular weight excluding hydrogens is 200 g/mol. The van der Waals surface area contributed by atoms with Crippen molar-refractivity contribution in [2.75, 3.05) is 11.9 Å². The van der Waals surface area contributed by atoms with Gasteiger partial charge in [0.25, 0.3) is 0 Å². The fourth-order valence-corrected chi connectivity index (χ4v) is 2.34. The van der Waals surface area contributed by atoms with E-state index in [9.17, 15) is 5.11 Å². The number of aliphatic hydroxyl groups is 1. The Labute approximate surface area is 95.7 Å². The highest BCUT2D eigenvalue weighted by Gasteiger charge is 2.26. The molecule has 16 heavy (non-hydrogen) atoms. The van der Waals surface area contributed by atoms with Crippen LogP contribution < -0.4 is 5.32 Å². The van der Waals surface area contributed by atoms with Crippen molar-refractivity contribution in [3.63, 3.8) is 0 Å². The number of nitriles is 1. The second-order valence-electron chi connectivity index (χ2n) is 4.32. The van der Waals surface area contributed by atoms with Gasteiger partial charge in [-0.1, -0.05) is 12.5 Å². The van der Waals surface area contributed by atoms with Crippen molar-refractivity contribution in [1.82, 2.24) is 0 Å². The Morgan fingerprint density at radius 2 is 2.31 bits per heavy atom. The van der Waals surface area contributed by atoms with Crippen molar-refractivity contribution in [3.8, 4) is 6.07 Å². The smallest absolute Gasteiger partial charge is 0.0992 e. The molecule has 0 saturated heterocycles. The Hall–Kier alpha value is -1.53. The molecule has 1 aliphatic rings. The maximum Gasteiger partial charge on any atom is 0.0992 e. The molecule has 2 atom stereocenters. The van der Waals surface area contributed by atoms with Gasteiger partial charge >= 0.3 is 0 Å². The number of hydrogen-bond donors (Lipinski definition) is 2. The van der Waals surface area contributed by atoms with Gasteiger partial charge in [-0.3, -0.25) is 0 Å². The van der Waals surface area contributed by atoms with Crippen molar-refractivity contribution < 1.29 is 5.11 Å². The summed E-state index contributed by atoms with van der Waals surface area (Å²) in [7, 11) is 0. The molecule has 1 fully saturated rings. The average Bonchev–Trinajstić information content (AvgIpc) is 2.76. The Morgan fingerprint density at radius 1 is 1.44 bits per heavy atom. The lowest BCUT2D eigenvalue weighted by Crippen LogP contribution is -2.26. The summed E-state index contributed by atoms with van der Waals surface area (Å²) >= 11 is 0. The van der Waals surface area contributed by atoms with Crippen molar-refractivity contribution >= 4 is 5.69 Å². The average molecular weight is 216 g/mol. The minimum atomic E-state index is 0.246. The minimum absolute atomic E-state index is 0.246. The summed E-state index contributed by atoms with van der Waals surface area (Å²) in [6.07, 6.45) is 3.36. The van der Waals surface area contributed by atoms with Gasteiger partial charge in [0, 0.05) is 24.3 Å². The molecule has 0 radical (unpaired) electrons. The molecule has 2 N–H and O–H groups in total. The number of rotatable bonds is 3. The summed E-state index contributed by atoms with van der Waals surface area (Å²) in [6, 6.07) is 9.97. The number of nitrogens with zero attached hydrogens (tertiary/aromatic N) is 1. The van der Waals surface area contributed by atoms with Crippen molar-refractivity contribution in [2.45, 2.75) is 25.3 Å². The highest BCUT2D eigenvalue weighted by atomic mass is 16.3. The number of benzene rings is 1. The van der Waals surface area contributed by atoms with Crippen LogP contribution in [-0.2, 0) is 0 Å². The molecule has 2 rings (SSSR count). The van der Waals surface area contributed by atoms with Crippen LogP contribution in [0.4, 0.5) is 5.69 Å². The number of hydrogen-bond acceptors (Lipinski definition) is 3. The van der Waals surface area contributed by atoms with Gasteiger partial charge in [0.2, 0.25) is 0 Å². The van der Waals surface area contributed by atoms with E-state index in [1.807, 2.05) is 18.2 Å². The predicted octanol–water partition coefficient (Wildman–Crippen LogP) is 2.13.